The summed E-state index contributed by atoms with van der Waals surface area (Å²) in [5.41, 5.74) is 1.98. The quantitative estimate of drug-likeness (QED) is 0.530. The van der Waals surface area contributed by atoms with Gasteiger partial charge in [-0.2, -0.15) is 0 Å². The maximum Gasteiger partial charge on any atom is 0.317 e. The molecule has 2 aromatic rings. The highest BCUT2D eigenvalue weighted by atomic mass is 16.4. The highest BCUT2D eigenvalue weighted by molar-refractivity contribution is 5.74. The molecule has 96 valence electrons. The summed E-state index contributed by atoms with van der Waals surface area (Å²) in [5.74, 6) is 0.0433. The molecule has 0 radical (unpaired) electrons. The van der Waals surface area contributed by atoms with Gasteiger partial charge in [0.05, 0.1) is 24.1 Å². The van der Waals surface area contributed by atoms with E-state index < -0.39 is 5.97 Å². The fourth-order valence-corrected chi connectivity index (χ4v) is 1.67. The van der Waals surface area contributed by atoms with Crippen LogP contribution >= 0.6 is 0 Å². The van der Waals surface area contributed by atoms with E-state index in [4.69, 9.17) is 5.11 Å². The third kappa shape index (κ3) is 3.54. The van der Waals surface area contributed by atoms with Crippen molar-refractivity contribution in [3.8, 4) is 0 Å². The molecule has 1 aromatic heterocycles. The first-order valence-electron chi connectivity index (χ1n) is 5.82. The van der Waals surface area contributed by atoms with Crippen LogP contribution in [-0.2, 0) is 11.3 Å². The summed E-state index contributed by atoms with van der Waals surface area (Å²) < 4.78 is 0. The molecule has 0 saturated heterocycles. The average molecular weight is 248 g/mol. The Morgan fingerprint density at radius 1 is 1.28 bits per heavy atom. The van der Waals surface area contributed by atoms with E-state index in [1.165, 1.54) is 0 Å². The van der Waals surface area contributed by atoms with Crippen LogP contribution in [-0.4, -0.2) is 40.7 Å². The molecule has 6 nitrogen and oxygen atoms in total. The van der Waals surface area contributed by atoms with Crippen molar-refractivity contribution in [3.05, 3.63) is 30.1 Å². The molecule has 1 heterocycles. The van der Waals surface area contributed by atoms with Gasteiger partial charge in [-0.15, -0.1) is 0 Å². The summed E-state index contributed by atoms with van der Waals surface area (Å²) in [5, 5.41) is 14.4. The molecule has 0 aliphatic heterocycles. The SMILES string of the molecule is O=C(O)CNCCNCc1nc2ccccc2[nH]1. The number of carboxylic acids is 1. The first kappa shape index (κ1) is 12.5. The normalized spacial score (nSPS) is 10.9. The first-order chi connectivity index (χ1) is 8.75. The third-order valence-corrected chi connectivity index (χ3v) is 2.49. The minimum absolute atomic E-state index is 0.00762. The van der Waals surface area contributed by atoms with Crippen LogP contribution < -0.4 is 10.6 Å². The highest BCUT2D eigenvalue weighted by Gasteiger charge is 2.00. The van der Waals surface area contributed by atoms with E-state index in [1.807, 2.05) is 24.3 Å². The van der Waals surface area contributed by atoms with Gasteiger partial charge in [0, 0.05) is 13.1 Å². The van der Waals surface area contributed by atoms with E-state index in [9.17, 15) is 4.79 Å². The number of fused-ring (bicyclic) bond motifs is 1. The average Bonchev–Trinajstić information content (AvgIpc) is 2.75. The molecule has 0 atom stereocenters. The first-order valence-corrected chi connectivity index (χ1v) is 5.82. The van der Waals surface area contributed by atoms with Crippen molar-refractivity contribution in [3.63, 3.8) is 0 Å². The van der Waals surface area contributed by atoms with Crippen LogP contribution in [0.25, 0.3) is 11.0 Å². The minimum atomic E-state index is -0.840. The van der Waals surface area contributed by atoms with E-state index in [0.29, 0.717) is 19.6 Å². The molecule has 0 saturated carbocycles. The number of H-pyrrole nitrogens is 1. The van der Waals surface area contributed by atoms with Gasteiger partial charge >= 0.3 is 5.97 Å². The van der Waals surface area contributed by atoms with Crippen molar-refractivity contribution in [2.75, 3.05) is 19.6 Å². The summed E-state index contributed by atoms with van der Waals surface area (Å²) in [6, 6.07) is 7.87. The van der Waals surface area contributed by atoms with Gasteiger partial charge in [-0.25, -0.2) is 4.98 Å². The van der Waals surface area contributed by atoms with Gasteiger partial charge in [0.25, 0.3) is 0 Å². The van der Waals surface area contributed by atoms with Crippen molar-refractivity contribution in [1.82, 2.24) is 20.6 Å². The number of aromatic amines is 1. The number of hydrogen-bond acceptors (Lipinski definition) is 4. The molecule has 0 unspecified atom stereocenters. The lowest BCUT2D eigenvalue weighted by atomic mass is 10.3. The third-order valence-electron chi connectivity index (χ3n) is 2.49. The van der Waals surface area contributed by atoms with Crippen molar-refractivity contribution < 1.29 is 9.90 Å². The fourth-order valence-electron chi connectivity index (χ4n) is 1.67. The lowest BCUT2D eigenvalue weighted by Gasteiger charge is -2.02. The predicted octanol–water partition coefficient (Wildman–Crippen LogP) is 0.327. The Morgan fingerprint density at radius 2 is 2.06 bits per heavy atom. The number of imidazole rings is 1. The summed E-state index contributed by atoms with van der Waals surface area (Å²) in [7, 11) is 0. The van der Waals surface area contributed by atoms with Gasteiger partial charge in [-0.3, -0.25) is 4.79 Å². The summed E-state index contributed by atoms with van der Waals surface area (Å²) in [4.78, 5) is 17.9. The molecule has 1 aromatic carbocycles. The number of nitrogens with one attached hydrogen (secondary N) is 3. The van der Waals surface area contributed by atoms with Crippen LogP contribution in [0.2, 0.25) is 0 Å². The van der Waals surface area contributed by atoms with Gasteiger partial charge in [0.15, 0.2) is 0 Å². The number of carboxylic acid groups (broad SMARTS) is 1. The molecule has 4 N–H and O–H groups in total. The molecule has 0 bridgehead atoms. The number of benzene rings is 1. The number of hydrogen-bond donors (Lipinski definition) is 4. The Labute approximate surface area is 104 Å². The van der Waals surface area contributed by atoms with E-state index in [-0.39, 0.29) is 6.54 Å². The van der Waals surface area contributed by atoms with Crippen LogP contribution in [0.5, 0.6) is 0 Å². The molecule has 2 rings (SSSR count). The van der Waals surface area contributed by atoms with Crippen LogP contribution in [0.1, 0.15) is 5.82 Å². The van der Waals surface area contributed by atoms with Crippen LogP contribution in [0.4, 0.5) is 0 Å². The van der Waals surface area contributed by atoms with Gasteiger partial charge in [0.2, 0.25) is 0 Å². The minimum Gasteiger partial charge on any atom is -0.480 e. The van der Waals surface area contributed by atoms with Gasteiger partial charge in [-0.1, -0.05) is 12.1 Å². The zero-order valence-electron chi connectivity index (χ0n) is 9.94. The van der Waals surface area contributed by atoms with Crippen LogP contribution in [0, 0.1) is 0 Å². The van der Waals surface area contributed by atoms with Gasteiger partial charge in [0.1, 0.15) is 5.82 Å². The number of nitrogens with zero attached hydrogens (tertiary/aromatic N) is 1. The van der Waals surface area contributed by atoms with Crippen LogP contribution in [0.15, 0.2) is 24.3 Å². The maximum atomic E-state index is 10.3. The zero-order chi connectivity index (χ0) is 12.8. The highest BCUT2D eigenvalue weighted by Crippen LogP contribution is 2.09. The zero-order valence-corrected chi connectivity index (χ0v) is 9.94. The molecular formula is C12H16N4O2. The maximum absolute atomic E-state index is 10.3. The van der Waals surface area contributed by atoms with Crippen LogP contribution in [0.3, 0.4) is 0 Å². The monoisotopic (exact) mass is 248 g/mol. The molecule has 0 aliphatic carbocycles. The Morgan fingerprint density at radius 3 is 2.83 bits per heavy atom. The van der Waals surface area contributed by atoms with Gasteiger partial charge < -0.3 is 20.7 Å². The smallest absolute Gasteiger partial charge is 0.317 e. The molecule has 0 spiro atoms. The van der Waals surface area contributed by atoms with E-state index >= 15 is 0 Å². The second-order valence-electron chi connectivity index (χ2n) is 3.95. The predicted molar refractivity (Wildman–Crippen MR) is 68.3 cm³/mol. The lowest BCUT2D eigenvalue weighted by Crippen LogP contribution is -2.30. The molecular weight excluding hydrogens is 232 g/mol. The van der Waals surface area contributed by atoms with E-state index in [1.54, 1.807) is 0 Å². The topological polar surface area (TPSA) is 90.0 Å². The molecule has 18 heavy (non-hydrogen) atoms. The Bertz CT molecular complexity index is 491. The molecule has 0 fully saturated rings. The summed E-state index contributed by atoms with van der Waals surface area (Å²) in [6.07, 6.45) is 0. The Hall–Kier alpha value is -1.92. The van der Waals surface area contributed by atoms with E-state index in [2.05, 4.69) is 20.6 Å². The fraction of sp³-hybridized carbons (Fsp3) is 0.333. The molecule has 0 aliphatic rings. The number of aliphatic carboxylic acids is 1. The second kappa shape index (κ2) is 6.13. The summed E-state index contributed by atoms with van der Waals surface area (Å²) in [6.45, 7) is 1.95. The molecule has 0 amide bonds. The number of carbonyl (C=O) groups is 1. The van der Waals surface area contributed by atoms with Crippen molar-refractivity contribution >= 4 is 17.0 Å². The number of rotatable bonds is 7. The van der Waals surface area contributed by atoms with Crippen molar-refractivity contribution in [2.24, 2.45) is 0 Å². The standard InChI is InChI=1S/C12H16N4O2/c17-12(18)8-14-6-5-13-7-11-15-9-3-1-2-4-10(9)16-11/h1-4,13-14H,5-8H2,(H,15,16)(H,17,18). The number of aromatic nitrogens is 2. The van der Waals surface area contributed by atoms with Crippen molar-refractivity contribution in [2.45, 2.75) is 6.54 Å². The summed E-state index contributed by atoms with van der Waals surface area (Å²) >= 11 is 0. The number of para-hydroxylation sites is 2. The largest absolute Gasteiger partial charge is 0.480 e. The second-order valence-corrected chi connectivity index (χ2v) is 3.95. The molecule has 6 heteroatoms. The lowest BCUT2D eigenvalue weighted by molar-refractivity contribution is -0.135. The Kier molecular flexibility index (Phi) is 4.27. The Balaban J connectivity index is 1.72. The van der Waals surface area contributed by atoms with Gasteiger partial charge in [-0.05, 0) is 12.1 Å². The van der Waals surface area contributed by atoms with Crippen molar-refractivity contribution in [1.29, 1.82) is 0 Å². The van der Waals surface area contributed by atoms with E-state index in [0.717, 1.165) is 16.9 Å².